The van der Waals surface area contributed by atoms with Gasteiger partial charge in [0.25, 0.3) is 0 Å². The second-order valence-electron chi connectivity index (χ2n) is 5.19. The molecular weight excluding hydrogens is 268 g/mol. The van der Waals surface area contributed by atoms with E-state index in [2.05, 4.69) is 10.3 Å². The molecule has 0 saturated heterocycles. The number of aromatic carboxylic acids is 1. The van der Waals surface area contributed by atoms with Gasteiger partial charge in [-0.05, 0) is 30.7 Å². The number of imidazole rings is 1. The van der Waals surface area contributed by atoms with E-state index in [9.17, 15) is 4.79 Å². The highest BCUT2D eigenvalue weighted by atomic mass is 16.4. The Morgan fingerprint density at radius 1 is 1.43 bits per heavy atom. The fourth-order valence-corrected chi connectivity index (χ4v) is 2.19. The number of carboxylic acid groups (broad SMARTS) is 1. The Morgan fingerprint density at radius 2 is 2.14 bits per heavy atom. The van der Waals surface area contributed by atoms with Crippen molar-refractivity contribution in [1.29, 1.82) is 0 Å². The van der Waals surface area contributed by atoms with Gasteiger partial charge >= 0.3 is 5.97 Å². The van der Waals surface area contributed by atoms with Crippen molar-refractivity contribution < 1.29 is 9.90 Å². The predicted octanol–water partition coefficient (Wildman–Crippen LogP) is 2.10. The predicted molar refractivity (Wildman–Crippen MR) is 83.0 cm³/mol. The first-order valence-electron chi connectivity index (χ1n) is 6.66. The molecule has 2 aromatic rings. The Labute approximate surface area is 124 Å². The average Bonchev–Trinajstić information content (AvgIpc) is 2.78. The fraction of sp³-hybridized carbons (Fsp3) is 0.333. The van der Waals surface area contributed by atoms with E-state index >= 15 is 0 Å². The molecule has 0 aliphatic carbocycles. The molecule has 0 atom stereocenters. The molecule has 0 bridgehead atoms. The molecule has 0 spiro atoms. The summed E-state index contributed by atoms with van der Waals surface area (Å²) in [4.78, 5) is 17.2. The van der Waals surface area contributed by atoms with Crippen LogP contribution >= 0.6 is 0 Å². The molecule has 0 saturated carbocycles. The summed E-state index contributed by atoms with van der Waals surface area (Å²) in [6.07, 6.45) is 1.84. The van der Waals surface area contributed by atoms with Gasteiger partial charge in [-0.3, -0.25) is 0 Å². The first-order valence-corrected chi connectivity index (χ1v) is 6.66. The Morgan fingerprint density at radius 3 is 2.67 bits per heavy atom. The lowest BCUT2D eigenvalue weighted by Gasteiger charge is -2.14. The van der Waals surface area contributed by atoms with Crippen LogP contribution in [-0.4, -0.2) is 34.7 Å². The number of carboxylic acids is 1. The van der Waals surface area contributed by atoms with Gasteiger partial charge in [-0.2, -0.15) is 0 Å². The van der Waals surface area contributed by atoms with Crippen molar-refractivity contribution in [1.82, 2.24) is 9.55 Å². The normalized spacial score (nSPS) is 10.5. The highest BCUT2D eigenvalue weighted by Crippen LogP contribution is 2.18. The van der Waals surface area contributed by atoms with Gasteiger partial charge in [-0.1, -0.05) is 0 Å². The van der Waals surface area contributed by atoms with E-state index in [0.717, 1.165) is 22.9 Å². The molecule has 6 heteroatoms. The summed E-state index contributed by atoms with van der Waals surface area (Å²) in [5.74, 6) is -0.0170. The average molecular weight is 288 g/mol. The lowest BCUT2D eigenvalue weighted by Crippen LogP contribution is -2.15. The smallest absolute Gasteiger partial charge is 0.335 e. The van der Waals surface area contributed by atoms with Gasteiger partial charge in [0.1, 0.15) is 0 Å². The van der Waals surface area contributed by atoms with E-state index in [-0.39, 0.29) is 0 Å². The van der Waals surface area contributed by atoms with Crippen molar-refractivity contribution in [2.45, 2.75) is 13.5 Å². The van der Waals surface area contributed by atoms with Gasteiger partial charge in [0.15, 0.2) is 0 Å². The topological polar surface area (TPSA) is 70.4 Å². The van der Waals surface area contributed by atoms with Crippen molar-refractivity contribution >= 4 is 17.6 Å². The van der Waals surface area contributed by atoms with Crippen molar-refractivity contribution in [3.63, 3.8) is 0 Å². The second kappa shape index (κ2) is 5.87. The zero-order valence-electron chi connectivity index (χ0n) is 12.7. The first kappa shape index (κ1) is 14.9. The Hall–Kier alpha value is -2.50. The molecule has 1 aromatic heterocycles. The molecule has 0 aliphatic heterocycles. The number of nitrogens with zero attached hydrogens (tertiary/aromatic N) is 3. The SMILES string of the molecule is Cc1cc(C(=O)O)ccc1NCc1cnc(N(C)C)n1C. The molecule has 0 unspecified atom stereocenters. The van der Waals surface area contributed by atoms with Crippen LogP contribution in [0.4, 0.5) is 11.6 Å². The van der Waals surface area contributed by atoms with Crippen LogP contribution in [0.3, 0.4) is 0 Å². The standard InChI is InChI=1S/C15H20N4O2/c1-10-7-11(14(20)21)5-6-13(10)16-8-12-9-17-15(18(2)3)19(12)4/h5-7,9,16H,8H2,1-4H3,(H,20,21). The summed E-state index contributed by atoms with van der Waals surface area (Å²) < 4.78 is 2.02. The third kappa shape index (κ3) is 3.16. The first-order chi connectivity index (χ1) is 9.90. The summed E-state index contributed by atoms with van der Waals surface area (Å²) in [6, 6.07) is 5.06. The van der Waals surface area contributed by atoms with Crippen molar-refractivity contribution in [3.8, 4) is 0 Å². The Balaban J connectivity index is 2.12. The summed E-state index contributed by atoms with van der Waals surface area (Å²) in [5.41, 5.74) is 3.19. The molecule has 112 valence electrons. The number of anilines is 2. The minimum Gasteiger partial charge on any atom is -0.478 e. The number of hydrogen-bond donors (Lipinski definition) is 2. The minimum atomic E-state index is -0.910. The lowest BCUT2D eigenvalue weighted by molar-refractivity contribution is 0.0697. The molecule has 2 rings (SSSR count). The van der Waals surface area contributed by atoms with Gasteiger partial charge in [-0.25, -0.2) is 9.78 Å². The van der Waals surface area contributed by atoms with E-state index in [0.29, 0.717) is 12.1 Å². The lowest BCUT2D eigenvalue weighted by atomic mass is 10.1. The maximum Gasteiger partial charge on any atom is 0.335 e. The number of benzene rings is 1. The third-order valence-electron chi connectivity index (χ3n) is 3.39. The number of hydrogen-bond acceptors (Lipinski definition) is 4. The maximum absolute atomic E-state index is 10.9. The van der Waals surface area contributed by atoms with E-state index in [4.69, 9.17) is 5.11 Å². The van der Waals surface area contributed by atoms with Crippen LogP contribution in [0.25, 0.3) is 0 Å². The number of nitrogens with one attached hydrogen (secondary N) is 1. The monoisotopic (exact) mass is 288 g/mol. The molecule has 0 amide bonds. The largest absolute Gasteiger partial charge is 0.478 e. The van der Waals surface area contributed by atoms with Crippen molar-refractivity contribution in [3.05, 3.63) is 41.2 Å². The molecular formula is C15H20N4O2. The van der Waals surface area contributed by atoms with Gasteiger partial charge < -0.3 is 19.9 Å². The van der Waals surface area contributed by atoms with E-state index < -0.39 is 5.97 Å². The fourth-order valence-electron chi connectivity index (χ4n) is 2.19. The molecule has 1 heterocycles. The van der Waals surface area contributed by atoms with Crippen LogP contribution in [0.1, 0.15) is 21.6 Å². The van der Waals surface area contributed by atoms with Crippen molar-refractivity contribution in [2.24, 2.45) is 7.05 Å². The zero-order chi connectivity index (χ0) is 15.6. The van der Waals surface area contributed by atoms with Crippen LogP contribution in [0.15, 0.2) is 24.4 Å². The van der Waals surface area contributed by atoms with Gasteiger partial charge in [0, 0.05) is 26.8 Å². The number of aryl methyl sites for hydroxylation is 1. The van der Waals surface area contributed by atoms with Gasteiger partial charge in [-0.15, -0.1) is 0 Å². The van der Waals surface area contributed by atoms with Crippen molar-refractivity contribution in [2.75, 3.05) is 24.3 Å². The molecule has 21 heavy (non-hydrogen) atoms. The van der Waals surface area contributed by atoms with Crippen LogP contribution in [0.2, 0.25) is 0 Å². The van der Waals surface area contributed by atoms with Crippen LogP contribution in [0.5, 0.6) is 0 Å². The van der Waals surface area contributed by atoms with Crippen LogP contribution in [0, 0.1) is 6.92 Å². The van der Waals surface area contributed by atoms with E-state index in [1.54, 1.807) is 18.2 Å². The highest BCUT2D eigenvalue weighted by Gasteiger charge is 2.09. The van der Waals surface area contributed by atoms with Gasteiger partial charge in [0.05, 0.1) is 24.0 Å². The summed E-state index contributed by atoms with van der Waals surface area (Å²) >= 11 is 0. The summed E-state index contributed by atoms with van der Waals surface area (Å²) in [5, 5.41) is 12.3. The van der Waals surface area contributed by atoms with Gasteiger partial charge in [0.2, 0.25) is 5.95 Å². The second-order valence-corrected chi connectivity index (χ2v) is 5.19. The maximum atomic E-state index is 10.9. The summed E-state index contributed by atoms with van der Waals surface area (Å²) in [6.45, 7) is 2.52. The zero-order valence-corrected chi connectivity index (χ0v) is 12.7. The third-order valence-corrected chi connectivity index (χ3v) is 3.39. The minimum absolute atomic E-state index is 0.300. The molecule has 0 aliphatic rings. The highest BCUT2D eigenvalue weighted by molar-refractivity contribution is 5.88. The quantitative estimate of drug-likeness (QED) is 0.881. The molecule has 6 nitrogen and oxygen atoms in total. The molecule has 0 fully saturated rings. The summed E-state index contributed by atoms with van der Waals surface area (Å²) in [7, 11) is 5.88. The van der Waals surface area contributed by atoms with E-state index in [1.807, 2.05) is 43.7 Å². The van der Waals surface area contributed by atoms with Crippen LogP contribution in [-0.2, 0) is 13.6 Å². The molecule has 1 aromatic carbocycles. The number of carbonyl (C=O) groups is 1. The van der Waals surface area contributed by atoms with Crippen LogP contribution < -0.4 is 10.2 Å². The number of rotatable bonds is 5. The Bertz CT molecular complexity index is 662. The Kier molecular flexibility index (Phi) is 4.16. The molecule has 0 radical (unpaired) electrons. The molecule has 2 N–H and O–H groups in total. The number of aromatic nitrogens is 2. The van der Waals surface area contributed by atoms with E-state index in [1.165, 1.54) is 0 Å².